The number of aromatic nitrogens is 2. The Kier molecular flexibility index (Phi) is 5.77. The number of hydrogen-bond acceptors (Lipinski definition) is 7. The van der Waals surface area contributed by atoms with Gasteiger partial charge in [0.15, 0.2) is 0 Å². The van der Waals surface area contributed by atoms with E-state index in [1.807, 2.05) is 31.3 Å². The van der Waals surface area contributed by atoms with Crippen molar-refractivity contribution in [2.24, 2.45) is 0 Å². The molecule has 1 fully saturated rings. The van der Waals surface area contributed by atoms with Crippen molar-refractivity contribution in [2.45, 2.75) is 18.6 Å². The van der Waals surface area contributed by atoms with Crippen LogP contribution in [0.2, 0.25) is 0 Å². The molecule has 0 aliphatic carbocycles. The molecule has 0 unspecified atom stereocenters. The van der Waals surface area contributed by atoms with Crippen LogP contribution in [-0.4, -0.2) is 47.2 Å². The summed E-state index contributed by atoms with van der Waals surface area (Å²) in [6, 6.07) is 15.4. The number of rotatable bonds is 6. The molecule has 0 bridgehead atoms. The Labute approximate surface area is 192 Å². The Hall–Kier alpha value is -3.01. The third-order valence-electron chi connectivity index (χ3n) is 5.66. The molecule has 32 heavy (non-hydrogen) atoms. The molecule has 2 N–H and O–H groups in total. The molecular weight excluding hydrogens is 444 g/mol. The smallest absolute Gasteiger partial charge is 0.322 e. The van der Waals surface area contributed by atoms with E-state index in [1.54, 1.807) is 23.5 Å². The van der Waals surface area contributed by atoms with Gasteiger partial charge in [0.05, 0.1) is 6.04 Å². The number of carbonyl (C=O) groups excluding carboxylic acids is 1. The van der Waals surface area contributed by atoms with Crippen LogP contribution in [-0.2, 0) is 6.61 Å². The van der Waals surface area contributed by atoms with Gasteiger partial charge in [-0.1, -0.05) is 29.5 Å². The summed E-state index contributed by atoms with van der Waals surface area (Å²) in [5.41, 5.74) is 1.73. The first-order chi connectivity index (χ1) is 15.6. The van der Waals surface area contributed by atoms with Crippen molar-refractivity contribution < 1.29 is 9.53 Å². The molecule has 0 saturated carbocycles. The molecule has 7 nitrogen and oxygen atoms in total. The highest BCUT2D eigenvalue weighted by atomic mass is 32.1. The fourth-order valence-corrected chi connectivity index (χ4v) is 5.77. The number of H-pyrrole nitrogens is 1. The Bertz CT molecular complexity index is 1290. The van der Waals surface area contributed by atoms with Gasteiger partial charge in [0.25, 0.3) is 5.91 Å². The van der Waals surface area contributed by atoms with E-state index < -0.39 is 0 Å². The second-order valence-corrected chi connectivity index (χ2v) is 9.83. The lowest BCUT2D eigenvalue weighted by molar-refractivity contribution is 0.0935. The summed E-state index contributed by atoms with van der Waals surface area (Å²) in [4.78, 5) is 26.3. The summed E-state index contributed by atoms with van der Waals surface area (Å²) in [6.07, 6.45) is 0. The minimum absolute atomic E-state index is 0.00376. The average Bonchev–Trinajstić information content (AvgIpc) is 3.51. The first-order valence-electron chi connectivity index (χ1n) is 10.3. The number of ether oxygens (including phenoxy) is 1. The SMILES string of the molecule is CN1C[C@H](c2n[nH]c(=O)s2)[C@H](NC(=O)c2ccc(OCc3csc4ccccc34)cc2)C1. The van der Waals surface area contributed by atoms with Crippen LogP contribution in [0.5, 0.6) is 5.75 Å². The molecular formula is C23H22N4O3S2. The summed E-state index contributed by atoms with van der Waals surface area (Å²) < 4.78 is 7.19. The minimum atomic E-state index is -0.175. The van der Waals surface area contributed by atoms with Gasteiger partial charge in [-0.3, -0.25) is 9.59 Å². The topological polar surface area (TPSA) is 87.3 Å². The van der Waals surface area contributed by atoms with E-state index in [9.17, 15) is 9.59 Å². The lowest BCUT2D eigenvalue weighted by Gasteiger charge is -2.18. The molecule has 2 aromatic carbocycles. The standard InChI is InChI=1S/C23H22N4O3S2/c1-27-10-18(22-25-26-23(29)32-22)19(11-27)24-21(28)14-6-8-16(9-7-14)30-12-15-13-31-20-5-3-2-4-17(15)20/h2-9,13,18-19H,10-12H2,1H3,(H,24,28)(H,26,29)/t18-,19+/m0/s1. The van der Waals surface area contributed by atoms with E-state index >= 15 is 0 Å². The predicted octanol–water partition coefficient (Wildman–Crippen LogP) is 3.45. The average molecular weight is 467 g/mol. The first kappa shape index (κ1) is 20.9. The molecule has 1 saturated heterocycles. The van der Waals surface area contributed by atoms with E-state index in [-0.39, 0.29) is 22.7 Å². The number of amides is 1. The van der Waals surface area contributed by atoms with E-state index in [4.69, 9.17) is 4.74 Å². The number of benzene rings is 2. The molecule has 3 heterocycles. The van der Waals surface area contributed by atoms with Crippen LogP contribution in [0.1, 0.15) is 26.8 Å². The van der Waals surface area contributed by atoms with E-state index in [0.717, 1.165) is 34.2 Å². The van der Waals surface area contributed by atoms with Gasteiger partial charge in [-0.25, -0.2) is 5.10 Å². The Morgan fingerprint density at radius 3 is 2.81 bits per heavy atom. The van der Waals surface area contributed by atoms with Gasteiger partial charge >= 0.3 is 4.87 Å². The second-order valence-electron chi connectivity index (χ2n) is 7.93. The number of carbonyl (C=O) groups is 1. The number of nitrogens with zero attached hydrogens (tertiary/aromatic N) is 2. The third kappa shape index (κ3) is 4.32. The van der Waals surface area contributed by atoms with Gasteiger partial charge < -0.3 is 15.0 Å². The van der Waals surface area contributed by atoms with Crippen molar-refractivity contribution in [3.05, 3.63) is 79.7 Å². The fraction of sp³-hybridized carbons (Fsp3) is 0.261. The van der Waals surface area contributed by atoms with Crippen LogP contribution in [0.15, 0.2) is 58.7 Å². The monoisotopic (exact) mass is 466 g/mol. The van der Waals surface area contributed by atoms with Gasteiger partial charge in [-0.05, 0) is 48.1 Å². The molecule has 2 aromatic heterocycles. The Balaban J connectivity index is 1.22. The van der Waals surface area contributed by atoms with Gasteiger partial charge in [0.1, 0.15) is 17.4 Å². The maximum Gasteiger partial charge on any atom is 0.322 e. The lowest BCUT2D eigenvalue weighted by atomic mass is 10.0. The number of likely N-dealkylation sites (N-methyl/N-ethyl adjacent to an activating group) is 1. The molecule has 9 heteroatoms. The highest BCUT2D eigenvalue weighted by molar-refractivity contribution is 7.17. The molecule has 5 rings (SSSR count). The summed E-state index contributed by atoms with van der Waals surface area (Å²) >= 11 is 2.82. The van der Waals surface area contributed by atoms with Crippen LogP contribution in [0.25, 0.3) is 10.1 Å². The molecule has 1 aliphatic rings. The fourth-order valence-electron chi connectivity index (χ4n) is 4.06. The number of hydrogen-bond donors (Lipinski definition) is 2. The maximum absolute atomic E-state index is 12.8. The van der Waals surface area contributed by atoms with Crippen LogP contribution >= 0.6 is 22.7 Å². The molecule has 1 aliphatic heterocycles. The van der Waals surface area contributed by atoms with Gasteiger partial charge in [0.2, 0.25) is 0 Å². The predicted molar refractivity (Wildman–Crippen MR) is 127 cm³/mol. The largest absolute Gasteiger partial charge is 0.489 e. The normalized spacial score (nSPS) is 18.8. The van der Waals surface area contributed by atoms with Crippen molar-refractivity contribution >= 4 is 38.7 Å². The minimum Gasteiger partial charge on any atom is -0.489 e. The molecule has 1 amide bonds. The van der Waals surface area contributed by atoms with Crippen molar-refractivity contribution in [3.8, 4) is 5.75 Å². The number of aromatic amines is 1. The quantitative estimate of drug-likeness (QED) is 0.455. The zero-order valence-corrected chi connectivity index (χ0v) is 19.0. The van der Waals surface area contributed by atoms with Crippen LogP contribution in [0.4, 0.5) is 0 Å². The number of nitrogens with one attached hydrogen (secondary N) is 2. The van der Waals surface area contributed by atoms with E-state index in [2.05, 4.69) is 37.9 Å². The summed E-state index contributed by atoms with van der Waals surface area (Å²) in [7, 11) is 2.00. The number of fused-ring (bicyclic) bond motifs is 1. The Morgan fingerprint density at radius 1 is 1.22 bits per heavy atom. The second kappa shape index (κ2) is 8.85. The molecule has 0 spiro atoms. The molecule has 0 radical (unpaired) electrons. The zero-order chi connectivity index (χ0) is 22.1. The van der Waals surface area contributed by atoms with Crippen molar-refractivity contribution in [1.29, 1.82) is 0 Å². The highest BCUT2D eigenvalue weighted by Crippen LogP contribution is 2.28. The summed E-state index contributed by atoms with van der Waals surface area (Å²) in [5, 5.41) is 13.8. The van der Waals surface area contributed by atoms with Crippen molar-refractivity contribution in [1.82, 2.24) is 20.4 Å². The van der Waals surface area contributed by atoms with Crippen LogP contribution in [0, 0.1) is 0 Å². The van der Waals surface area contributed by atoms with E-state index in [0.29, 0.717) is 18.7 Å². The number of thiophene rings is 1. The number of likely N-dealkylation sites (tertiary alicyclic amines) is 1. The highest BCUT2D eigenvalue weighted by Gasteiger charge is 2.35. The van der Waals surface area contributed by atoms with Gasteiger partial charge in [0, 0.05) is 34.8 Å². The van der Waals surface area contributed by atoms with Crippen molar-refractivity contribution in [2.75, 3.05) is 20.1 Å². The summed E-state index contributed by atoms with van der Waals surface area (Å²) in [5.74, 6) is 0.570. The first-order valence-corrected chi connectivity index (χ1v) is 12.0. The van der Waals surface area contributed by atoms with Crippen molar-refractivity contribution in [3.63, 3.8) is 0 Å². The lowest BCUT2D eigenvalue weighted by Crippen LogP contribution is -2.39. The zero-order valence-electron chi connectivity index (χ0n) is 17.4. The molecule has 4 aromatic rings. The van der Waals surface area contributed by atoms with Crippen LogP contribution in [0.3, 0.4) is 0 Å². The third-order valence-corrected chi connectivity index (χ3v) is 7.55. The Morgan fingerprint density at radius 2 is 2.03 bits per heavy atom. The van der Waals surface area contributed by atoms with Crippen LogP contribution < -0.4 is 14.9 Å². The van der Waals surface area contributed by atoms with Gasteiger partial charge in [-0.2, -0.15) is 5.10 Å². The molecule has 164 valence electrons. The van der Waals surface area contributed by atoms with E-state index in [1.165, 1.54) is 10.1 Å². The maximum atomic E-state index is 12.8. The summed E-state index contributed by atoms with van der Waals surface area (Å²) in [6.45, 7) is 1.94. The molecule has 2 atom stereocenters. The van der Waals surface area contributed by atoms with Gasteiger partial charge in [-0.15, -0.1) is 11.3 Å².